The quantitative estimate of drug-likeness (QED) is 0.872. The highest BCUT2D eigenvalue weighted by Gasteiger charge is 2.24. The molecule has 1 aromatic carbocycles. The zero-order valence-corrected chi connectivity index (χ0v) is 12.6. The maximum atomic E-state index is 12.5. The minimum atomic E-state index is -2.83. The molecule has 1 aromatic rings. The van der Waals surface area contributed by atoms with Crippen LogP contribution in [0.5, 0.6) is 5.75 Å². The van der Waals surface area contributed by atoms with Gasteiger partial charge in [-0.2, -0.15) is 8.78 Å². The molecule has 114 valence electrons. The molecule has 1 unspecified atom stereocenters. The summed E-state index contributed by atoms with van der Waals surface area (Å²) in [6.45, 7) is 4.69. The number of ether oxygens (including phenoxy) is 1. The maximum Gasteiger partial charge on any atom is 0.387 e. The highest BCUT2D eigenvalue weighted by Crippen LogP contribution is 2.30. The van der Waals surface area contributed by atoms with Gasteiger partial charge in [0.05, 0.1) is 6.04 Å². The Hall–Kier alpha value is -1.20. The van der Waals surface area contributed by atoms with Crippen LogP contribution in [0.3, 0.4) is 0 Å². The second-order valence-corrected chi connectivity index (χ2v) is 6.14. The number of likely N-dealkylation sites (N-methyl/N-ethyl adjacent to an activating group) is 1. The van der Waals surface area contributed by atoms with Crippen molar-refractivity contribution in [2.75, 3.05) is 20.1 Å². The number of benzene rings is 1. The van der Waals surface area contributed by atoms with Crippen molar-refractivity contribution in [3.8, 4) is 5.75 Å². The van der Waals surface area contributed by atoms with Gasteiger partial charge in [0.1, 0.15) is 5.75 Å². The van der Waals surface area contributed by atoms with E-state index in [9.17, 15) is 8.78 Å². The van der Waals surface area contributed by atoms with Crippen LogP contribution in [-0.4, -0.2) is 31.6 Å². The second-order valence-electron chi connectivity index (χ2n) is 6.14. The number of nitrogens with zero attached hydrogens (tertiary/aromatic N) is 1. The number of para-hydroxylation sites is 1. The van der Waals surface area contributed by atoms with Gasteiger partial charge < -0.3 is 10.5 Å². The molecule has 0 aliphatic carbocycles. The minimum Gasteiger partial charge on any atom is -0.434 e. The Balaban J connectivity index is 3.00. The van der Waals surface area contributed by atoms with Gasteiger partial charge in [0.2, 0.25) is 0 Å². The Morgan fingerprint density at radius 1 is 1.25 bits per heavy atom. The van der Waals surface area contributed by atoms with E-state index < -0.39 is 6.61 Å². The number of nitrogens with two attached hydrogens (primary N) is 1. The highest BCUT2D eigenvalue weighted by atomic mass is 19.3. The van der Waals surface area contributed by atoms with Crippen LogP contribution in [-0.2, 0) is 0 Å². The summed E-state index contributed by atoms with van der Waals surface area (Å²) in [6, 6.07) is 6.67. The van der Waals surface area contributed by atoms with Crippen LogP contribution in [0.2, 0.25) is 0 Å². The smallest absolute Gasteiger partial charge is 0.387 e. The lowest BCUT2D eigenvalue weighted by molar-refractivity contribution is -0.0511. The summed E-state index contributed by atoms with van der Waals surface area (Å²) in [5.74, 6) is 0.193. The Bertz CT molecular complexity index is 419. The number of alkyl halides is 2. The van der Waals surface area contributed by atoms with Crippen LogP contribution in [0.1, 0.15) is 32.4 Å². The summed E-state index contributed by atoms with van der Waals surface area (Å²) in [6.07, 6.45) is 0. The monoisotopic (exact) mass is 286 g/mol. The third-order valence-corrected chi connectivity index (χ3v) is 2.97. The van der Waals surface area contributed by atoms with Gasteiger partial charge in [-0.1, -0.05) is 39.0 Å². The lowest BCUT2D eigenvalue weighted by Crippen LogP contribution is -2.36. The molecule has 2 N–H and O–H groups in total. The zero-order chi connectivity index (χ0) is 15.3. The number of rotatable bonds is 6. The first kappa shape index (κ1) is 16.9. The van der Waals surface area contributed by atoms with Gasteiger partial charge >= 0.3 is 6.61 Å². The molecule has 0 radical (unpaired) electrons. The molecule has 0 fully saturated rings. The second kappa shape index (κ2) is 6.99. The summed E-state index contributed by atoms with van der Waals surface area (Å²) >= 11 is 0. The van der Waals surface area contributed by atoms with E-state index in [2.05, 4.69) is 30.4 Å². The van der Waals surface area contributed by atoms with Gasteiger partial charge in [-0.25, -0.2) is 0 Å². The zero-order valence-electron chi connectivity index (χ0n) is 12.6. The first-order valence-electron chi connectivity index (χ1n) is 6.68. The lowest BCUT2D eigenvalue weighted by atomic mass is 9.94. The van der Waals surface area contributed by atoms with E-state index in [4.69, 9.17) is 5.73 Å². The molecule has 0 aromatic heterocycles. The summed E-state index contributed by atoms with van der Waals surface area (Å²) in [5.41, 5.74) is 6.63. The molecular weight excluding hydrogens is 262 g/mol. The molecule has 20 heavy (non-hydrogen) atoms. The van der Waals surface area contributed by atoms with Crippen molar-refractivity contribution in [2.45, 2.75) is 33.4 Å². The summed E-state index contributed by atoms with van der Waals surface area (Å²) in [7, 11) is 1.95. The van der Waals surface area contributed by atoms with Crippen LogP contribution >= 0.6 is 0 Å². The lowest BCUT2D eigenvalue weighted by Gasteiger charge is -2.33. The first-order chi connectivity index (χ1) is 9.24. The van der Waals surface area contributed by atoms with Crippen molar-refractivity contribution in [3.05, 3.63) is 29.8 Å². The molecule has 0 bridgehead atoms. The molecule has 0 aliphatic heterocycles. The van der Waals surface area contributed by atoms with Crippen LogP contribution in [0, 0.1) is 5.41 Å². The number of hydrogen-bond donors (Lipinski definition) is 1. The highest BCUT2D eigenvalue weighted by molar-refractivity contribution is 5.36. The van der Waals surface area contributed by atoms with E-state index in [-0.39, 0.29) is 17.2 Å². The van der Waals surface area contributed by atoms with Gasteiger partial charge in [-0.05, 0) is 18.5 Å². The molecule has 0 saturated heterocycles. The maximum absolute atomic E-state index is 12.5. The Labute approximate surface area is 119 Å². The molecule has 0 saturated carbocycles. The molecular formula is C15H24F2N2O. The van der Waals surface area contributed by atoms with E-state index in [0.717, 1.165) is 6.54 Å². The largest absolute Gasteiger partial charge is 0.434 e. The van der Waals surface area contributed by atoms with Crippen LogP contribution < -0.4 is 10.5 Å². The van der Waals surface area contributed by atoms with Gasteiger partial charge in [-0.3, -0.25) is 4.90 Å². The van der Waals surface area contributed by atoms with E-state index in [0.29, 0.717) is 12.1 Å². The predicted molar refractivity (Wildman–Crippen MR) is 77.0 cm³/mol. The van der Waals surface area contributed by atoms with Crippen molar-refractivity contribution in [3.63, 3.8) is 0 Å². The third-order valence-electron chi connectivity index (χ3n) is 2.97. The number of halogens is 2. The van der Waals surface area contributed by atoms with Crippen molar-refractivity contribution >= 4 is 0 Å². The SMILES string of the molecule is CN(CC(C)(C)C)C(CN)c1ccccc1OC(F)F. The Morgan fingerprint density at radius 3 is 2.35 bits per heavy atom. The Morgan fingerprint density at radius 2 is 1.85 bits per heavy atom. The van der Waals surface area contributed by atoms with E-state index in [1.807, 2.05) is 7.05 Å². The third kappa shape index (κ3) is 5.06. The van der Waals surface area contributed by atoms with Gasteiger partial charge in [-0.15, -0.1) is 0 Å². The molecule has 0 spiro atoms. The molecule has 0 aliphatic rings. The van der Waals surface area contributed by atoms with Gasteiger partial charge in [0, 0.05) is 18.7 Å². The first-order valence-corrected chi connectivity index (χ1v) is 6.68. The van der Waals surface area contributed by atoms with Crippen molar-refractivity contribution in [1.29, 1.82) is 0 Å². The molecule has 1 atom stereocenters. The van der Waals surface area contributed by atoms with Crippen LogP contribution in [0.15, 0.2) is 24.3 Å². The molecule has 0 heterocycles. The van der Waals surface area contributed by atoms with E-state index in [1.165, 1.54) is 0 Å². The summed E-state index contributed by atoms with van der Waals surface area (Å²) in [5, 5.41) is 0. The fourth-order valence-electron chi connectivity index (χ4n) is 2.36. The standard InChI is InChI=1S/C15H24F2N2O/c1-15(2,3)10-19(4)12(9-18)11-7-5-6-8-13(11)20-14(16)17/h5-8,12,14H,9-10,18H2,1-4H3. The number of hydrogen-bond acceptors (Lipinski definition) is 3. The normalized spacial score (nSPS) is 13.8. The summed E-state index contributed by atoms with van der Waals surface area (Å²) in [4.78, 5) is 2.08. The Kier molecular flexibility index (Phi) is 5.89. The fourth-order valence-corrected chi connectivity index (χ4v) is 2.36. The van der Waals surface area contributed by atoms with Crippen molar-refractivity contribution < 1.29 is 13.5 Å². The average molecular weight is 286 g/mol. The summed E-state index contributed by atoms with van der Waals surface area (Å²) < 4.78 is 29.5. The molecule has 5 heteroatoms. The molecule has 3 nitrogen and oxygen atoms in total. The van der Waals surface area contributed by atoms with Gasteiger partial charge in [0.15, 0.2) is 0 Å². The fraction of sp³-hybridized carbons (Fsp3) is 0.600. The predicted octanol–water partition coefficient (Wildman–Crippen LogP) is 3.27. The topological polar surface area (TPSA) is 38.5 Å². The molecule has 0 amide bonds. The average Bonchev–Trinajstić information content (AvgIpc) is 2.29. The van der Waals surface area contributed by atoms with Crippen LogP contribution in [0.4, 0.5) is 8.78 Å². The molecule has 1 rings (SSSR count). The van der Waals surface area contributed by atoms with Crippen LogP contribution in [0.25, 0.3) is 0 Å². The van der Waals surface area contributed by atoms with E-state index in [1.54, 1.807) is 24.3 Å². The van der Waals surface area contributed by atoms with Crippen molar-refractivity contribution in [2.24, 2.45) is 11.1 Å². The van der Waals surface area contributed by atoms with E-state index >= 15 is 0 Å². The van der Waals surface area contributed by atoms with Gasteiger partial charge in [0.25, 0.3) is 0 Å². The minimum absolute atomic E-state index is 0.0979. The van der Waals surface area contributed by atoms with Crippen molar-refractivity contribution in [1.82, 2.24) is 4.90 Å².